The molecule has 3 heterocycles. The summed E-state index contributed by atoms with van der Waals surface area (Å²) in [4.78, 5) is 27.2. The van der Waals surface area contributed by atoms with E-state index in [0.717, 1.165) is 11.1 Å². The summed E-state index contributed by atoms with van der Waals surface area (Å²) in [5.41, 5.74) is 4.07. The number of rotatable bonds is 8. The smallest absolute Gasteiger partial charge is 0.237 e. The zero-order chi connectivity index (χ0) is 27.5. The number of pyridine rings is 1. The molecule has 0 radical (unpaired) electrons. The maximum absolute atomic E-state index is 13.3. The molecule has 0 aliphatic carbocycles. The van der Waals surface area contributed by atoms with Gasteiger partial charge in [-0.15, -0.1) is 0 Å². The molecular weight excluding hydrogens is 519 g/mol. The van der Waals surface area contributed by atoms with Gasteiger partial charge in [0.1, 0.15) is 16.6 Å². The third-order valence-electron chi connectivity index (χ3n) is 6.43. The van der Waals surface area contributed by atoms with Gasteiger partial charge in [0.25, 0.3) is 0 Å². The summed E-state index contributed by atoms with van der Waals surface area (Å²) >= 11 is 1.31. The van der Waals surface area contributed by atoms with Gasteiger partial charge in [-0.3, -0.25) is 9.78 Å². The Morgan fingerprint density at radius 3 is 2.67 bits per heavy atom. The molecule has 0 saturated heterocycles. The van der Waals surface area contributed by atoms with E-state index in [0.29, 0.717) is 63.6 Å². The molecule has 2 N–H and O–H groups in total. The Hall–Kier alpha value is -4.02. The van der Waals surface area contributed by atoms with E-state index in [1.54, 1.807) is 13.3 Å². The second-order valence-electron chi connectivity index (χ2n) is 8.96. The van der Waals surface area contributed by atoms with Gasteiger partial charge in [-0.1, -0.05) is 30.8 Å². The summed E-state index contributed by atoms with van der Waals surface area (Å²) in [5.74, 6) is 1.33. The number of aryl methyl sites for hydroxylation is 1. The van der Waals surface area contributed by atoms with Gasteiger partial charge < -0.3 is 19.9 Å². The second-order valence-corrected chi connectivity index (χ2v) is 10.2. The number of benzene rings is 2. The molecule has 1 aliphatic heterocycles. The highest BCUT2D eigenvalue weighted by Gasteiger charge is 2.30. The largest absolute Gasteiger partial charge is 0.496 e. The molecule has 0 spiro atoms. The van der Waals surface area contributed by atoms with Crippen LogP contribution < -0.4 is 14.8 Å². The van der Waals surface area contributed by atoms with Crippen LogP contribution >= 0.6 is 11.8 Å². The molecule has 1 aliphatic rings. The predicted octanol–water partition coefficient (Wildman–Crippen LogP) is 5.69. The number of aromatic nitrogens is 3. The summed E-state index contributed by atoms with van der Waals surface area (Å²) in [6.07, 6.45) is 2.57. The third kappa shape index (κ3) is 5.43. The number of para-hydroxylation sites is 1. The first-order chi connectivity index (χ1) is 18.9. The number of methoxy groups -OCH3 is 1. The maximum Gasteiger partial charge on any atom is 0.237 e. The lowest BCUT2D eigenvalue weighted by Crippen LogP contribution is -2.25. The lowest BCUT2D eigenvalue weighted by Gasteiger charge is -2.25. The molecule has 0 bridgehead atoms. The number of aliphatic hydroxyl groups excluding tert-OH is 1. The van der Waals surface area contributed by atoms with Crippen molar-refractivity contribution >= 4 is 23.4 Å². The van der Waals surface area contributed by atoms with Crippen LogP contribution in [0.1, 0.15) is 35.7 Å². The monoisotopic (exact) mass is 546 g/mol. The molecule has 1 amide bonds. The van der Waals surface area contributed by atoms with E-state index >= 15 is 0 Å². The van der Waals surface area contributed by atoms with Crippen molar-refractivity contribution in [1.29, 1.82) is 0 Å². The first kappa shape index (κ1) is 26.6. The Labute approximate surface area is 229 Å². The fourth-order valence-corrected chi connectivity index (χ4v) is 5.40. The van der Waals surface area contributed by atoms with Crippen molar-refractivity contribution < 1.29 is 23.8 Å². The number of amides is 1. The molecule has 2 aromatic carbocycles. The van der Waals surface area contributed by atoms with Gasteiger partial charge in [0, 0.05) is 29.4 Å². The highest BCUT2D eigenvalue weighted by molar-refractivity contribution is 8.00. The van der Waals surface area contributed by atoms with Crippen molar-refractivity contribution in [2.75, 3.05) is 12.4 Å². The standard InChI is InChI=1S/C29H27FN4O4S/c1-4-24(27(36)32-19-11-9-18(30)10-12-19)39-29-22-13-21-17(15-35)14-31-16(2)25(21)38-28(22)33-26(34-29)20-7-5-6-8-23(20)37-3/h5-12,14,24,35H,4,13,15H2,1-3H3,(H,32,36). The highest BCUT2D eigenvalue weighted by Crippen LogP contribution is 2.44. The number of nitrogens with zero attached hydrogens (tertiary/aromatic N) is 3. The van der Waals surface area contributed by atoms with E-state index in [1.807, 2.05) is 38.1 Å². The quantitative estimate of drug-likeness (QED) is 0.189. The third-order valence-corrected chi connectivity index (χ3v) is 7.83. The Morgan fingerprint density at radius 1 is 1.18 bits per heavy atom. The molecule has 2 aromatic heterocycles. The lowest BCUT2D eigenvalue weighted by atomic mass is 9.99. The number of halogens is 1. The minimum atomic E-state index is -0.502. The number of anilines is 1. The van der Waals surface area contributed by atoms with Gasteiger partial charge in [0.15, 0.2) is 11.6 Å². The van der Waals surface area contributed by atoms with Crippen molar-refractivity contribution in [2.24, 2.45) is 0 Å². The molecule has 8 nitrogen and oxygen atoms in total. The van der Waals surface area contributed by atoms with Crippen molar-refractivity contribution in [2.45, 2.75) is 43.6 Å². The molecule has 10 heteroatoms. The molecule has 0 fully saturated rings. The number of fused-ring (bicyclic) bond motifs is 2. The van der Waals surface area contributed by atoms with Crippen LogP contribution in [0.2, 0.25) is 0 Å². The van der Waals surface area contributed by atoms with E-state index in [4.69, 9.17) is 19.4 Å². The number of nitrogens with one attached hydrogen (secondary N) is 1. The fraction of sp³-hybridized carbons (Fsp3) is 0.241. The van der Waals surface area contributed by atoms with Crippen LogP contribution in [0.4, 0.5) is 10.1 Å². The molecule has 5 rings (SSSR count). The molecule has 200 valence electrons. The van der Waals surface area contributed by atoms with E-state index in [9.17, 15) is 14.3 Å². The van der Waals surface area contributed by atoms with Gasteiger partial charge in [0.05, 0.1) is 35.8 Å². The van der Waals surface area contributed by atoms with Gasteiger partial charge >= 0.3 is 0 Å². The van der Waals surface area contributed by atoms with Crippen molar-refractivity contribution in [3.63, 3.8) is 0 Å². The SMILES string of the molecule is CCC(Sc1nc(-c2ccccc2OC)nc2c1Cc1c(CO)cnc(C)c1O2)C(=O)Nc1ccc(F)cc1. The van der Waals surface area contributed by atoms with Crippen LogP contribution in [0.5, 0.6) is 17.4 Å². The molecule has 1 atom stereocenters. The Kier molecular flexibility index (Phi) is 7.76. The van der Waals surface area contributed by atoms with Crippen LogP contribution in [-0.4, -0.2) is 38.3 Å². The molecule has 39 heavy (non-hydrogen) atoms. The Bertz CT molecular complexity index is 1530. The summed E-state index contributed by atoms with van der Waals surface area (Å²) in [5, 5.41) is 12.9. The topological polar surface area (TPSA) is 106 Å². The van der Waals surface area contributed by atoms with Gasteiger partial charge in [-0.2, -0.15) is 4.98 Å². The summed E-state index contributed by atoms with van der Waals surface area (Å²) in [6, 6.07) is 13.1. The maximum atomic E-state index is 13.3. The number of carbonyl (C=O) groups is 1. The van der Waals surface area contributed by atoms with Crippen LogP contribution in [0.25, 0.3) is 11.4 Å². The molecule has 1 unspecified atom stereocenters. The van der Waals surface area contributed by atoms with E-state index < -0.39 is 5.25 Å². The van der Waals surface area contributed by atoms with E-state index in [-0.39, 0.29) is 18.3 Å². The lowest BCUT2D eigenvalue weighted by molar-refractivity contribution is -0.115. The van der Waals surface area contributed by atoms with Crippen LogP contribution in [0.15, 0.2) is 59.8 Å². The minimum Gasteiger partial charge on any atom is -0.496 e. The number of carbonyl (C=O) groups excluding carboxylic acids is 1. The summed E-state index contributed by atoms with van der Waals surface area (Å²) in [6.45, 7) is 3.58. The minimum absolute atomic E-state index is 0.186. The number of hydrogen-bond acceptors (Lipinski definition) is 8. The highest BCUT2D eigenvalue weighted by atomic mass is 32.2. The van der Waals surface area contributed by atoms with Gasteiger partial charge in [-0.05, 0) is 49.7 Å². The average molecular weight is 547 g/mol. The van der Waals surface area contributed by atoms with Crippen LogP contribution in [0, 0.1) is 12.7 Å². The first-order valence-corrected chi connectivity index (χ1v) is 13.3. The number of thioether (sulfide) groups is 1. The van der Waals surface area contributed by atoms with E-state index in [1.165, 1.54) is 36.0 Å². The predicted molar refractivity (Wildman–Crippen MR) is 147 cm³/mol. The molecular formula is C29H27FN4O4S. The number of aliphatic hydroxyl groups is 1. The zero-order valence-electron chi connectivity index (χ0n) is 21.7. The first-order valence-electron chi connectivity index (χ1n) is 12.4. The second kappa shape index (κ2) is 11.4. The zero-order valence-corrected chi connectivity index (χ0v) is 22.5. The number of ether oxygens (including phenoxy) is 2. The Morgan fingerprint density at radius 2 is 1.95 bits per heavy atom. The Balaban J connectivity index is 1.57. The van der Waals surface area contributed by atoms with Crippen molar-refractivity contribution in [1.82, 2.24) is 15.0 Å². The van der Waals surface area contributed by atoms with E-state index in [2.05, 4.69) is 10.3 Å². The summed E-state index contributed by atoms with van der Waals surface area (Å²) in [7, 11) is 1.58. The van der Waals surface area contributed by atoms with Crippen molar-refractivity contribution in [3.8, 4) is 28.8 Å². The molecule has 4 aromatic rings. The summed E-state index contributed by atoms with van der Waals surface area (Å²) < 4.78 is 25.2. The normalized spacial score (nSPS) is 12.6. The van der Waals surface area contributed by atoms with Gasteiger partial charge in [-0.25, -0.2) is 9.37 Å². The molecule has 0 saturated carbocycles. The average Bonchev–Trinajstić information content (AvgIpc) is 2.96. The van der Waals surface area contributed by atoms with Crippen molar-refractivity contribution in [3.05, 3.63) is 82.9 Å². The van der Waals surface area contributed by atoms with Gasteiger partial charge in [0.2, 0.25) is 11.8 Å². The fourth-order valence-electron chi connectivity index (χ4n) is 4.35. The van der Waals surface area contributed by atoms with Crippen LogP contribution in [0.3, 0.4) is 0 Å². The number of hydrogen-bond donors (Lipinski definition) is 2. The van der Waals surface area contributed by atoms with Crippen LogP contribution in [-0.2, 0) is 17.8 Å².